The number of nitrogens with one attached hydrogen (secondary N) is 2. The van der Waals surface area contributed by atoms with E-state index < -0.39 is 0 Å². The van der Waals surface area contributed by atoms with Gasteiger partial charge in [0.05, 0.1) is 0 Å². The molecule has 0 bridgehead atoms. The third kappa shape index (κ3) is 3.97. The van der Waals surface area contributed by atoms with E-state index in [0.717, 1.165) is 12.8 Å². The Morgan fingerprint density at radius 2 is 2.05 bits per heavy atom. The smallest absolute Gasteiger partial charge is 0.315 e. The maximum absolute atomic E-state index is 12.1. The fraction of sp³-hybridized carbons (Fsp3) is 0.800. The fourth-order valence-corrected chi connectivity index (χ4v) is 3.04. The van der Waals surface area contributed by atoms with Gasteiger partial charge in [-0.1, -0.05) is 24.4 Å². The van der Waals surface area contributed by atoms with E-state index in [4.69, 9.17) is 4.52 Å². The lowest BCUT2D eigenvalue weighted by molar-refractivity contribution is 0.100. The second kappa shape index (κ2) is 7.09. The molecule has 2 rings (SSSR count). The maximum Gasteiger partial charge on any atom is 0.315 e. The topological polar surface area (TPSA) is 83.3 Å². The van der Waals surface area contributed by atoms with Gasteiger partial charge in [-0.3, -0.25) is 0 Å². The zero-order chi connectivity index (χ0) is 16.2. The minimum absolute atomic E-state index is 0.0693. The van der Waals surface area contributed by atoms with Gasteiger partial charge in [0, 0.05) is 12.1 Å². The fourth-order valence-electron chi connectivity index (χ4n) is 3.04. The largest absolute Gasteiger partial charge is 0.337 e. The second-order valence-electron chi connectivity index (χ2n) is 6.41. The third-order valence-electron chi connectivity index (χ3n) is 4.57. The van der Waals surface area contributed by atoms with Crippen molar-refractivity contribution >= 4 is 6.03 Å². The van der Waals surface area contributed by atoms with E-state index >= 15 is 0 Å². The van der Waals surface area contributed by atoms with Crippen LogP contribution in [0.3, 0.4) is 0 Å². The Balaban J connectivity index is 1.86. The number of hydrogen-bond donors (Lipinski definition) is 2. The molecule has 1 heterocycles. The van der Waals surface area contributed by atoms with Crippen molar-refractivity contribution in [2.24, 2.45) is 0 Å². The molecule has 0 aromatic carbocycles. The zero-order valence-electron chi connectivity index (χ0n) is 14.0. The molecule has 0 radical (unpaired) electrons. The average Bonchev–Trinajstić information content (AvgIpc) is 2.93. The SMILES string of the molecule is Cc1noc(C(C)NC(=O)NCC2(N(C)C)CCCCC2)n1. The van der Waals surface area contributed by atoms with Gasteiger partial charge in [0.25, 0.3) is 0 Å². The highest BCUT2D eigenvalue weighted by Gasteiger charge is 2.34. The van der Waals surface area contributed by atoms with E-state index in [1.807, 2.05) is 6.92 Å². The van der Waals surface area contributed by atoms with E-state index in [2.05, 4.69) is 39.8 Å². The standard InChI is InChI=1S/C15H27N5O2/c1-11(13-18-12(2)19-22-13)17-14(21)16-10-15(20(3)4)8-6-5-7-9-15/h11H,5-10H2,1-4H3,(H2,16,17,21). The number of carbonyl (C=O) groups is 1. The highest BCUT2D eigenvalue weighted by Crippen LogP contribution is 2.31. The van der Waals surface area contributed by atoms with E-state index in [9.17, 15) is 4.79 Å². The van der Waals surface area contributed by atoms with E-state index in [1.165, 1.54) is 19.3 Å². The molecule has 1 unspecified atom stereocenters. The second-order valence-corrected chi connectivity index (χ2v) is 6.41. The van der Waals surface area contributed by atoms with Crippen LogP contribution in [0.2, 0.25) is 0 Å². The molecule has 1 aliphatic rings. The molecule has 2 amide bonds. The first kappa shape index (κ1) is 16.7. The first-order valence-corrected chi connectivity index (χ1v) is 7.95. The van der Waals surface area contributed by atoms with Gasteiger partial charge in [-0.25, -0.2) is 4.79 Å². The van der Waals surface area contributed by atoms with Crippen LogP contribution < -0.4 is 10.6 Å². The minimum Gasteiger partial charge on any atom is -0.337 e. The van der Waals surface area contributed by atoms with Crippen molar-refractivity contribution < 1.29 is 9.32 Å². The van der Waals surface area contributed by atoms with Gasteiger partial charge in [-0.05, 0) is 40.8 Å². The summed E-state index contributed by atoms with van der Waals surface area (Å²) in [5, 5.41) is 9.58. The third-order valence-corrected chi connectivity index (χ3v) is 4.57. The Kier molecular flexibility index (Phi) is 5.39. The van der Waals surface area contributed by atoms with E-state index in [0.29, 0.717) is 18.3 Å². The number of amides is 2. The predicted octanol–water partition coefficient (Wildman–Crippen LogP) is 2.00. The quantitative estimate of drug-likeness (QED) is 0.869. The van der Waals surface area contributed by atoms with Crippen LogP contribution in [0.15, 0.2) is 4.52 Å². The molecular weight excluding hydrogens is 282 g/mol. The normalized spacial score (nSPS) is 19.0. The number of carbonyl (C=O) groups excluding carboxylic acids is 1. The van der Waals surface area contributed by atoms with Crippen LogP contribution in [-0.2, 0) is 0 Å². The molecule has 1 atom stereocenters. The molecule has 0 saturated heterocycles. The zero-order valence-corrected chi connectivity index (χ0v) is 14.0. The Morgan fingerprint density at radius 1 is 1.36 bits per heavy atom. The molecule has 22 heavy (non-hydrogen) atoms. The van der Waals surface area contributed by atoms with Crippen molar-refractivity contribution in [2.45, 2.75) is 57.5 Å². The summed E-state index contributed by atoms with van der Waals surface area (Å²) in [6.45, 7) is 4.24. The number of hydrogen-bond acceptors (Lipinski definition) is 5. The van der Waals surface area contributed by atoms with Crippen molar-refractivity contribution in [3.63, 3.8) is 0 Å². The van der Waals surface area contributed by atoms with Crippen molar-refractivity contribution in [3.8, 4) is 0 Å². The van der Waals surface area contributed by atoms with Crippen molar-refractivity contribution in [1.82, 2.24) is 25.7 Å². The highest BCUT2D eigenvalue weighted by molar-refractivity contribution is 5.74. The molecule has 0 aliphatic heterocycles. The first-order valence-electron chi connectivity index (χ1n) is 7.95. The van der Waals surface area contributed by atoms with Crippen LogP contribution in [0.25, 0.3) is 0 Å². The average molecular weight is 309 g/mol. The van der Waals surface area contributed by atoms with Gasteiger partial charge in [-0.15, -0.1) is 0 Å². The Labute approximate surface area is 131 Å². The first-order chi connectivity index (χ1) is 10.4. The number of nitrogens with zero attached hydrogens (tertiary/aromatic N) is 3. The maximum atomic E-state index is 12.1. The van der Waals surface area contributed by atoms with Crippen molar-refractivity contribution in [3.05, 3.63) is 11.7 Å². The molecule has 2 N–H and O–H groups in total. The van der Waals surface area contributed by atoms with Gasteiger partial charge < -0.3 is 20.1 Å². The van der Waals surface area contributed by atoms with Gasteiger partial charge in [0.15, 0.2) is 5.82 Å². The van der Waals surface area contributed by atoms with E-state index in [-0.39, 0.29) is 17.6 Å². The summed E-state index contributed by atoms with van der Waals surface area (Å²) in [6.07, 6.45) is 5.98. The van der Waals surface area contributed by atoms with Crippen LogP contribution in [0.4, 0.5) is 4.79 Å². The van der Waals surface area contributed by atoms with Gasteiger partial charge in [0.2, 0.25) is 5.89 Å². The summed E-state index contributed by atoms with van der Waals surface area (Å²) < 4.78 is 5.07. The summed E-state index contributed by atoms with van der Waals surface area (Å²) in [5.74, 6) is 0.991. The number of rotatable bonds is 5. The molecule has 7 heteroatoms. The molecule has 124 valence electrons. The number of aromatic nitrogens is 2. The summed E-state index contributed by atoms with van der Waals surface area (Å²) in [5.41, 5.74) is 0.0693. The summed E-state index contributed by atoms with van der Waals surface area (Å²) >= 11 is 0. The molecular formula is C15H27N5O2. The Morgan fingerprint density at radius 3 is 2.59 bits per heavy atom. The van der Waals surface area contributed by atoms with Crippen LogP contribution in [0.1, 0.15) is 56.8 Å². The number of aryl methyl sites for hydroxylation is 1. The van der Waals surface area contributed by atoms with Gasteiger partial charge >= 0.3 is 6.03 Å². The summed E-state index contributed by atoms with van der Waals surface area (Å²) in [6, 6.07) is -0.502. The molecule has 1 aliphatic carbocycles. The van der Waals surface area contributed by atoms with Crippen molar-refractivity contribution in [2.75, 3.05) is 20.6 Å². The van der Waals surface area contributed by atoms with Crippen molar-refractivity contribution in [1.29, 1.82) is 0 Å². The van der Waals surface area contributed by atoms with Crippen LogP contribution >= 0.6 is 0 Å². The number of likely N-dealkylation sites (N-methyl/N-ethyl adjacent to an activating group) is 1. The van der Waals surface area contributed by atoms with Crippen LogP contribution in [-0.4, -0.2) is 47.3 Å². The molecule has 0 spiro atoms. The monoisotopic (exact) mass is 309 g/mol. The molecule has 1 saturated carbocycles. The minimum atomic E-state index is -0.303. The van der Waals surface area contributed by atoms with Crippen LogP contribution in [0, 0.1) is 6.92 Å². The predicted molar refractivity (Wildman–Crippen MR) is 83.5 cm³/mol. The molecule has 1 fully saturated rings. The molecule has 1 aromatic heterocycles. The van der Waals surface area contributed by atoms with Gasteiger partial charge in [0.1, 0.15) is 6.04 Å². The molecule has 7 nitrogen and oxygen atoms in total. The number of urea groups is 1. The summed E-state index contributed by atoms with van der Waals surface area (Å²) in [4.78, 5) is 18.5. The lowest BCUT2D eigenvalue weighted by Gasteiger charge is -2.43. The Hall–Kier alpha value is -1.63. The summed E-state index contributed by atoms with van der Waals surface area (Å²) in [7, 11) is 4.18. The molecule has 1 aromatic rings. The van der Waals surface area contributed by atoms with Crippen LogP contribution in [0.5, 0.6) is 0 Å². The Bertz CT molecular complexity index is 494. The van der Waals surface area contributed by atoms with Gasteiger partial charge in [-0.2, -0.15) is 4.98 Å². The lowest BCUT2D eigenvalue weighted by Crippen LogP contribution is -2.55. The highest BCUT2D eigenvalue weighted by atomic mass is 16.5. The van der Waals surface area contributed by atoms with E-state index in [1.54, 1.807) is 6.92 Å². The lowest BCUT2D eigenvalue weighted by atomic mass is 9.80.